The Kier molecular flexibility index (Phi) is 3.28. The molecule has 0 aliphatic carbocycles. The molecule has 0 aliphatic rings. The lowest BCUT2D eigenvalue weighted by Crippen LogP contribution is -2.09. The highest BCUT2D eigenvalue weighted by molar-refractivity contribution is 5.97. The molecule has 1 aromatic heterocycles. The highest BCUT2D eigenvalue weighted by atomic mass is 16.4. The van der Waals surface area contributed by atoms with Gasteiger partial charge >= 0.3 is 5.63 Å². The second-order valence-electron chi connectivity index (χ2n) is 3.98. The van der Waals surface area contributed by atoms with Crippen LogP contribution in [-0.2, 0) is 6.42 Å². The molecular weight excluding hydrogens is 232 g/mol. The molecule has 0 saturated heterocycles. The highest BCUT2D eigenvalue weighted by Gasteiger charge is 2.12. The van der Waals surface area contributed by atoms with Crippen LogP contribution in [0.3, 0.4) is 0 Å². The first-order chi connectivity index (χ1) is 8.58. The zero-order valence-electron chi connectivity index (χ0n) is 9.84. The van der Waals surface area contributed by atoms with E-state index < -0.39 is 5.63 Å². The molecule has 2 rings (SSSR count). The topological polar surface area (TPSA) is 67.5 Å². The maximum absolute atomic E-state index is 11.9. The molecule has 0 bridgehead atoms. The zero-order valence-corrected chi connectivity index (χ0v) is 9.84. The molecule has 1 heterocycles. The predicted octanol–water partition coefficient (Wildman–Crippen LogP) is 2.08. The predicted molar refractivity (Wildman–Crippen MR) is 65.9 cm³/mol. The van der Waals surface area contributed by atoms with Crippen LogP contribution in [-0.4, -0.2) is 10.9 Å². The normalized spacial score (nSPS) is 10.3. The van der Waals surface area contributed by atoms with E-state index in [1.807, 2.05) is 6.07 Å². The van der Waals surface area contributed by atoms with Gasteiger partial charge in [-0.2, -0.15) is 0 Å². The van der Waals surface area contributed by atoms with E-state index in [0.29, 0.717) is 5.56 Å². The molecule has 0 atom stereocenters. The second-order valence-corrected chi connectivity index (χ2v) is 3.98. The number of Topliss-reactive ketones (excluding diaryl/α,β-unsaturated/α-hetero) is 1. The summed E-state index contributed by atoms with van der Waals surface area (Å²) in [6.45, 7) is 1.46. The number of ketones is 1. The molecule has 2 aromatic rings. The first-order valence-electron chi connectivity index (χ1n) is 5.49. The number of hydrogen-bond donors (Lipinski definition) is 1. The van der Waals surface area contributed by atoms with Gasteiger partial charge in [0, 0.05) is 11.6 Å². The van der Waals surface area contributed by atoms with Crippen LogP contribution >= 0.6 is 0 Å². The van der Waals surface area contributed by atoms with E-state index in [9.17, 15) is 14.7 Å². The Hall–Kier alpha value is -2.36. The summed E-state index contributed by atoms with van der Waals surface area (Å²) in [6, 6.07) is 10.0. The third-order valence-corrected chi connectivity index (χ3v) is 2.64. The molecule has 0 fully saturated rings. The van der Waals surface area contributed by atoms with E-state index in [1.54, 1.807) is 24.3 Å². The van der Waals surface area contributed by atoms with Crippen molar-refractivity contribution in [1.82, 2.24) is 0 Å². The Morgan fingerprint density at radius 1 is 1.28 bits per heavy atom. The zero-order chi connectivity index (χ0) is 13.1. The van der Waals surface area contributed by atoms with Crippen molar-refractivity contribution >= 4 is 5.78 Å². The summed E-state index contributed by atoms with van der Waals surface area (Å²) in [7, 11) is 0. The molecule has 0 spiro atoms. The molecule has 0 amide bonds. The van der Waals surface area contributed by atoms with Crippen LogP contribution in [0.1, 0.15) is 21.7 Å². The minimum absolute atomic E-state index is 0.0485. The SMILES string of the molecule is Cc1c(O)cc(CC(=O)c2ccccc2)oc1=O. The Bertz CT molecular complexity index is 626. The van der Waals surface area contributed by atoms with Crippen molar-refractivity contribution < 1.29 is 14.3 Å². The van der Waals surface area contributed by atoms with E-state index in [2.05, 4.69) is 0 Å². The van der Waals surface area contributed by atoms with Crippen molar-refractivity contribution in [3.8, 4) is 5.75 Å². The molecule has 92 valence electrons. The minimum Gasteiger partial charge on any atom is -0.507 e. The smallest absolute Gasteiger partial charge is 0.342 e. The summed E-state index contributed by atoms with van der Waals surface area (Å²) >= 11 is 0. The maximum Gasteiger partial charge on any atom is 0.342 e. The quantitative estimate of drug-likeness (QED) is 0.839. The fourth-order valence-electron chi connectivity index (χ4n) is 1.56. The van der Waals surface area contributed by atoms with Gasteiger partial charge in [0.25, 0.3) is 0 Å². The van der Waals surface area contributed by atoms with Crippen molar-refractivity contribution in [2.24, 2.45) is 0 Å². The van der Waals surface area contributed by atoms with Crippen molar-refractivity contribution in [1.29, 1.82) is 0 Å². The number of hydrogen-bond acceptors (Lipinski definition) is 4. The summed E-state index contributed by atoms with van der Waals surface area (Å²) in [5.74, 6) is -0.152. The molecular formula is C14H12O4. The molecule has 1 aromatic carbocycles. The Labute approximate surface area is 104 Å². The Morgan fingerprint density at radius 3 is 2.56 bits per heavy atom. The molecule has 0 radical (unpaired) electrons. The monoisotopic (exact) mass is 244 g/mol. The van der Waals surface area contributed by atoms with Crippen molar-refractivity contribution in [2.45, 2.75) is 13.3 Å². The van der Waals surface area contributed by atoms with Crippen LogP contribution < -0.4 is 5.63 Å². The first-order valence-corrected chi connectivity index (χ1v) is 5.49. The van der Waals surface area contributed by atoms with E-state index in [0.717, 1.165) is 0 Å². The van der Waals surface area contributed by atoms with Gasteiger partial charge in [-0.3, -0.25) is 4.79 Å². The first kappa shape index (κ1) is 12.1. The van der Waals surface area contributed by atoms with Crippen LogP contribution in [0, 0.1) is 6.92 Å². The average molecular weight is 244 g/mol. The van der Waals surface area contributed by atoms with Crippen LogP contribution in [0.25, 0.3) is 0 Å². The molecule has 18 heavy (non-hydrogen) atoms. The third-order valence-electron chi connectivity index (χ3n) is 2.64. The van der Waals surface area contributed by atoms with Gasteiger partial charge in [0.2, 0.25) is 0 Å². The molecule has 4 heteroatoms. The van der Waals surface area contributed by atoms with Crippen LogP contribution in [0.15, 0.2) is 45.6 Å². The number of rotatable bonds is 3. The van der Waals surface area contributed by atoms with Crippen LogP contribution in [0.5, 0.6) is 5.75 Å². The maximum atomic E-state index is 11.9. The fraction of sp³-hybridized carbons (Fsp3) is 0.143. The van der Waals surface area contributed by atoms with Gasteiger partial charge in [-0.1, -0.05) is 30.3 Å². The van der Waals surface area contributed by atoms with Crippen molar-refractivity contribution in [3.05, 3.63) is 63.7 Å². The Balaban J connectivity index is 2.25. The molecule has 0 aliphatic heterocycles. The summed E-state index contributed by atoms with van der Waals surface area (Å²) in [6.07, 6.45) is -0.0485. The molecule has 0 saturated carbocycles. The summed E-state index contributed by atoms with van der Waals surface area (Å²) in [5, 5.41) is 9.49. The van der Waals surface area contributed by atoms with Crippen molar-refractivity contribution in [3.63, 3.8) is 0 Å². The van der Waals surface area contributed by atoms with Gasteiger partial charge in [-0.05, 0) is 6.92 Å². The van der Waals surface area contributed by atoms with Crippen molar-refractivity contribution in [2.75, 3.05) is 0 Å². The Morgan fingerprint density at radius 2 is 1.94 bits per heavy atom. The van der Waals surface area contributed by atoms with Crippen LogP contribution in [0.2, 0.25) is 0 Å². The van der Waals surface area contributed by atoms with E-state index in [4.69, 9.17) is 4.42 Å². The van der Waals surface area contributed by atoms with Gasteiger partial charge < -0.3 is 9.52 Å². The van der Waals surface area contributed by atoms with Gasteiger partial charge in [0.1, 0.15) is 11.5 Å². The number of carbonyl (C=O) groups is 1. The minimum atomic E-state index is -0.620. The lowest BCUT2D eigenvalue weighted by molar-refractivity contribution is 0.0986. The highest BCUT2D eigenvalue weighted by Crippen LogP contribution is 2.15. The average Bonchev–Trinajstić information content (AvgIpc) is 2.37. The fourth-order valence-corrected chi connectivity index (χ4v) is 1.56. The lowest BCUT2D eigenvalue weighted by atomic mass is 10.1. The summed E-state index contributed by atoms with van der Waals surface area (Å²) in [5.41, 5.74) is 0.0667. The largest absolute Gasteiger partial charge is 0.507 e. The van der Waals surface area contributed by atoms with Gasteiger partial charge in [0.15, 0.2) is 5.78 Å². The van der Waals surface area contributed by atoms with E-state index in [-0.39, 0.29) is 29.3 Å². The number of aromatic hydroxyl groups is 1. The van der Waals surface area contributed by atoms with Gasteiger partial charge in [0.05, 0.1) is 12.0 Å². The van der Waals surface area contributed by atoms with Crippen LogP contribution in [0.4, 0.5) is 0 Å². The standard InChI is InChI=1S/C14H12O4/c1-9-12(15)7-11(18-14(9)17)8-13(16)10-5-3-2-4-6-10/h2-7,15H,8H2,1H3. The number of benzene rings is 1. The molecule has 0 unspecified atom stereocenters. The number of carbonyl (C=O) groups excluding carboxylic acids is 1. The summed E-state index contributed by atoms with van der Waals surface area (Å²) in [4.78, 5) is 23.2. The second kappa shape index (κ2) is 4.87. The van der Waals surface area contributed by atoms with E-state index >= 15 is 0 Å². The third kappa shape index (κ3) is 2.48. The lowest BCUT2D eigenvalue weighted by Gasteiger charge is -2.02. The summed E-state index contributed by atoms with van der Waals surface area (Å²) < 4.78 is 4.94. The molecule has 1 N–H and O–H groups in total. The molecule has 4 nitrogen and oxygen atoms in total. The van der Waals surface area contributed by atoms with Gasteiger partial charge in [-0.25, -0.2) is 4.79 Å². The van der Waals surface area contributed by atoms with Gasteiger partial charge in [-0.15, -0.1) is 0 Å². The van der Waals surface area contributed by atoms with E-state index in [1.165, 1.54) is 13.0 Å².